The number of halogens is 17. The highest BCUT2D eigenvalue weighted by atomic mass is 19.4. The second-order valence-electron chi connectivity index (χ2n) is 8.48. The minimum Gasteiger partial charge on any atom is -0.480 e. The van der Waals surface area contributed by atoms with Crippen LogP contribution in [0.3, 0.4) is 0 Å². The molecule has 41 heavy (non-hydrogen) atoms. The summed E-state index contributed by atoms with van der Waals surface area (Å²) >= 11 is 0. The first kappa shape index (κ1) is 34.2. The van der Waals surface area contributed by atoms with Gasteiger partial charge in [0.2, 0.25) is 0 Å². The number of alkyl halides is 17. The standard InChI is InChI=1S/C20H13F17N2O2/c21-13(22,7-39-11(12(40)41)5-8-6-38-10-4-2-1-3-9(8)10)14(23,24)15(25,26)16(27,28)17(29,30)18(31,32)19(33,34)20(35,36)37/h1-4,6,11,38-39H,5,7H2,(H,40,41)/t11-/m0/s1. The van der Waals surface area contributed by atoms with Gasteiger partial charge in [-0.1, -0.05) is 18.2 Å². The zero-order chi connectivity index (χ0) is 32.3. The van der Waals surface area contributed by atoms with Crippen LogP contribution < -0.4 is 5.32 Å². The number of aromatic amines is 1. The number of carboxylic acid groups (broad SMARTS) is 1. The number of nitrogens with one attached hydrogen (secondary N) is 2. The molecule has 0 spiro atoms. The molecule has 0 bridgehead atoms. The number of carbonyl (C=O) groups is 1. The second-order valence-corrected chi connectivity index (χ2v) is 8.48. The van der Waals surface area contributed by atoms with E-state index in [1.807, 2.05) is 0 Å². The lowest BCUT2D eigenvalue weighted by molar-refractivity contribution is -0.461. The Morgan fingerprint density at radius 3 is 1.61 bits per heavy atom. The van der Waals surface area contributed by atoms with Gasteiger partial charge in [0.1, 0.15) is 6.04 Å². The number of H-pyrrole nitrogens is 1. The SMILES string of the molecule is O=C(O)[C@H](Cc1c[nH]c2ccccc12)NCC(F)(F)C(F)(F)C(F)(F)C(F)(F)C(F)(F)C(F)(F)C(F)(F)C(F)(F)F. The van der Waals surface area contributed by atoms with Crippen molar-refractivity contribution in [1.29, 1.82) is 0 Å². The van der Waals surface area contributed by atoms with Crippen LogP contribution in [0.2, 0.25) is 0 Å². The van der Waals surface area contributed by atoms with E-state index < -0.39 is 72.6 Å². The van der Waals surface area contributed by atoms with Crippen molar-refractivity contribution < 1.29 is 84.5 Å². The molecule has 0 aliphatic carbocycles. The molecule has 2 rings (SSSR count). The van der Waals surface area contributed by atoms with Crippen LogP contribution in [0.15, 0.2) is 30.5 Å². The molecule has 1 aromatic carbocycles. The lowest BCUT2D eigenvalue weighted by Gasteiger charge is -2.42. The highest BCUT2D eigenvalue weighted by molar-refractivity contribution is 5.84. The maximum Gasteiger partial charge on any atom is 0.460 e. The molecule has 2 aromatic rings. The number of aliphatic carboxylic acids is 1. The van der Waals surface area contributed by atoms with Crippen LogP contribution in [0.1, 0.15) is 5.56 Å². The van der Waals surface area contributed by atoms with Crippen molar-refractivity contribution in [2.75, 3.05) is 6.54 Å². The van der Waals surface area contributed by atoms with E-state index in [-0.39, 0.29) is 10.9 Å². The average Bonchev–Trinajstić information content (AvgIpc) is 3.22. The smallest absolute Gasteiger partial charge is 0.460 e. The predicted octanol–water partition coefficient (Wildman–Crippen LogP) is 6.76. The van der Waals surface area contributed by atoms with Crippen LogP contribution in [0.25, 0.3) is 10.9 Å². The van der Waals surface area contributed by atoms with Crippen molar-refractivity contribution in [2.24, 2.45) is 0 Å². The molecular weight excluding hydrogens is 623 g/mol. The fourth-order valence-electron chi connectivity index (χ4n) is 3.33. The summed E-state index contributed by atoms with van der Waals surface area (Å²) in [6.45, 7) is -3.05. The molecule has 1 atom stereocenters. The number of carboxylic acids is 1. The molecule has 3 N–H and O–H groups in total. The van der Waals surface area contributed by atoms with Crippen LogP contribution in [0.4, 0.5) is 74.6 Å². The summed E-state index contributed by atoms with van der Waals surface area (Å²) < 4.78 is 227. The van der Waals surface area contributed by atoms with Gasteiger partial charge in [0.15, 0.2) is 0 Å². The minimum absolute atomic E-state index is 0.0140. The molecular formula is C20H13F17N2O2. The van der Waals surface area contributed by atoms with E-state index in [2.05, 4.69) is 4.98 Å². The van der Waals surface area contributed by atoms with Gasteiger partial charge >= 0.3 is 53.6 Å². The summed E-state index contributed by atoms with van der Waals surface area (Å²) in [6, 6.07) is 3.27. The van der Waals surface area contributed by atoms with Crippen molar-refractivity contribution in [3.8, 4) is 0 Å². The third kappa shape index (κ3) is 5.13. The molecule has 0 aliphatic rings. The van der Waals surface area contributed by atoms with Gasteiger partial charge in [-0.15, -0.1) is 0 Å². The summed E-state index contributed by atoms with van der Waals surface area (Å²) in [5.74, 6) is -59.5. The van der Waals surface area contributed by atoms with Gasteiger partial charge in [-0.3, -0.25) is 10.1 Å². The Morgan fingerprint density at radius 2 is 1.15 bits per heavy atom. The Kier molecular flexibility index (Phi) is 8.40. The number of rotatable bonds is 12. The van der Waals surface area contributed by atoms with Crippen molar-refractivity contribution in [3.05, 3.63) is 36.0 Å². The molecule has 234 valence electrons. The topological polar surface area (TPSA) is 65.1 Å². The summed E-state index contributed by atoms with van der Waals surface area (Å²) in [6.07, 6.45) is -7.62. The summed E-state index contributed by atoms with van der Waals surface area (Å²) in [4.78, 5) is 14.0. The van der Waals surface area contributed by atoms with Crippen LogP contribution in [0.5, 0.6) is 0 Å². The van der Waals surface area contributed by atoms with Gasteiger partial charge in [0.05, 0.1) is 6.54 Å². The number of hydrogen-bond donors (Lipinski definition) is 3. The van der Waals surface area contributed by atoms with E-state index in [4.69, 9.17) is 5.11 Å². The van der Waals surface area contributed by atoms with Gasteiger partial charge in [0.25, 0.3) is 0 Å². The molecule has 21 heteroatoms. The van der Waals surface area contributed by atoms with E-state index >= 15 is 0 Å². The summed E-state index contributed by atoms with van der Waals surface area (Å²) in [5.41, 5.74) is 0.319. The fraction of sp³-hybridized carbons (Fsp3) is 0.550. The molecule has 4 nitrogen and oxygen atoms in total. The first-order chi connectivity index (χ1) is 18.1. The number of aromatic nitrogens is 1. The molecule has 0 saturated carbocycles. The summed E-state index contributed by atoms with van der Waals surface area (Å²) in [5, 5.41) is 10.5. The molecule has 0 fully saturated rings. The van der Waals surface area contributed by atoms with Crippen LogP contribution in [0, 0.1) is 0 Å². The van der Waals surface area contributed by atoms with Crippen LogP contribution in [-0.2, 0) is 11.2 Å². The molecule has 0 aliphatic heterocycles. The van der Waals surface area contributed by atoms with Gasteiger partial charge in [-0.2, -0.15) is 74.6 Å². The Morgan fingerprint density at radius 1 is 0.707 bits per heavy atom. The molecule has 0 unspecified atom stereocenters. The molecule has 0 saturated heterocycles. The second kappa shape index (κ2) is 10.1. The third-order valence-electron chi connectivity index (χ3n) is 5.75. The monoisotopic (exact) mass is 636 g/mol. The highest BCUT2D eigenvalue weighted by Crippen LogP contribution is 2.63. The van der Waals surface area contributed by atoms with Gasteiger partial charge in [-0.05, 0) is 11.6 Å². The van der Waals surface area contributed by atoms with E-state index in [9.17, 15) is 79.4 Å². The molecule has 1 heterocycles. The first-order valence-electron chi connectivity index (χ1n) is 10.3. The van der Waals surface area contributed by atoms with Crippen molar-refractivity contribution in [1.82, 2.24) is 10.3 Å². The third-order valence-corrected chi connectivity index (χ3v) is 5.75. The van der Waals surface area contributed by atoms with Crippen LogP contribution >= 0.6 is 0 Å². The number of benzene rings is 1. The normalized spacial score (nSPS) is 15.8. The Balaban J connectivity index is 2.41. The zero-order valence-electron chi connectivity index (χ0n) is 19.2. The number of hydrogen-bond acceptors (Lipinski definition) is 2. The van der Waals surface area contributed by atoms with E-state index in [0.29, 0.717) is 5.52 Å². The Hall–Kier alpha value is -3.00. The van der Waals surface area contributed by atoms with Crippen molar-refractivity contribution >= 4 is 16.9 Å². The van der Waals surface area contributed by atoms with Crippen LogP contribution in [-0.4, -0.2) is 76.3 Å². The lowest BCUT2D eigenvalue weighted by atomic mass is 9.89. The van der Waals surface area contributed by atoms with Crippen molar-refractivity contribution in [2.45, 2.75) is 60.1 Å². The first-order valence-corrected chi connectivity index (χ1v) is 10.3. The van der Waals surface area contributed by atoms with E-state index in [0.717, 1.165) is 11.5 Å². The van der Waals surface area contributed by atoms with Gasteiger partial charge < -0.3 is 10.1 Å². The Labute approximate surface area is 215 Å². The largest absolute Gasteiger partial charge is 0.480 e. The van der Waals surface area contributed by atoms with Crippen molar-refractivity contribution in [3.63, 3.8) is 0 Å². The van der Waals surface area contributed by atoms with E-state index in [1.54, 1.807) is 0 Å². The Bertz CT molecular complexity index is 1250. The molecule has 0 radical (unpaired) electrons. The predicted molar refractivity (Wildman–Crippen MR) is 102 cm³/mol. The average molecular weight is 636 g/mol. The minimum atomic E-state index is -8.73. The van der Waals surface area contributed by atoms with E-state index in [1.165, 1.54) is 24.3 Å². The quantitative estimate of drug-likeness (QED) is 0.226. The van der Waals surface area contributed by atoms with Gasteiger partial charge in [0, 0.05) is 23.5 Å². The lowest BCUT2D eigenvalue weighted by Crippen LogP contribution is -2.75. The fourth-order valence-corrected chi connectivity index (χ4v) is 3.33. The highest BCUT2D eigenvalue weighted by Gasteiger charge is 2.95. The van der Waals surface area contributed by atoms with Gasteiger partial charge in [-0.25, -0.2) is 0 Å². The maximum atomic E-state index is 14.1. The molecule has 0 amide bonds. The number of fused-ring (bicyclic) bond motifs is 1. The molecule has 1 aromatic heterocycles. The summed E-state index contributed by atoms with van der Waals surface area (Å²) in [7, 11) is 0. The maximum absolute atomic E-state index is 14.1. The zero-order valence-corrected chi connectivity index (χ0v) is 19.2. The number of para-hydroxylation sites is 1.